The molecule has 2 aliphatic heterocycles. The fraction of sp³-hybridized carbons (Fsp3) is 0.667. The lowest BCUT2D eigenvalue weighted by Gasteiger charge is -2.39. The van der Waals surface area contributed by atoms with E-state index in [1.807, 2.05) is 0 Å². The van der Waals surface area contributed by atoms with E-state index < -0.39 is 0 Å². The Morgan fingerprint density at radius 3 is 2.84 bits per heavy atom. The third-order valence-corrected chi connectivity index (χ3v) is 5.74. The van der Waals surface area contributed by atoms with Crippen molar-refractivity contribution in [2.24, 2.45) is 11.8 Å². The second-order valence-corrected chi connectivity index (χ2v) is 7.66. The van der Waals surface area contributed by atoms with Gasteiger partial charge in [0.15, 0.2) is 0 Å². The number of ether oxygens (including phenoxy) is 1. The molecule has 1 amide bonds. The average Bonchev–Trinajstić information content (AvgIpc) is 2.66. The van der Waals surface area contributed by atoms with E-state index in [1.54, 1.807) is 0 Å². The molecule has 2 aliphatic rings. The minimum atomic E-state index is 0.200. The molecular weight excluding hydrogens is 312 g/mol. The van der Waals surface area contributed by atoms with Gasteiger partial charge in [-0.3, -0.25) is 9.69 Å². The Morgan fingerprint density at radius 1 is 1.24 bits per heavy atom. The van der Waals surface area contributed by atoms with Crippen molar-refractivity contribution in [2.45, 2.75) is 44.6 Å². The van der Waals surface area contributed by atoms with E-state index in [2.05, 4.69) is 47.6 Å². The number of hydrogen-bond acceptors (Lipinski definition) is 3. The number of carbonyl (C=O) groups excluding carboxylic acids is 1. The van der Waals surface area contributed by atoms with Crippen LogP contribution in [0.5, 0.6) is 0 Å². The van der Waals surface area contributed by atoms with Gasteiger partial charge in [-0.1, -0.05) is 30.3 Å². The molecule has 0 saturated carbocycles. The van der Waals surface area contributed by atoms with E-state index in [-0.39, 0.29) is 5.91 Å². The highest BCUT2D eigenvalue weighted by atomic mass is 16.5. The summed E-state index contributed by atoms with van der Waals surface area (Å²) in [5.74, 6) is 1.26. The molecular formula is C21H32N2O2. The molecule has 0 aliphatic carbocycles. The first-order chi connectivity index (χ1) is 12.2. The lowest BCUT2D eigenvalue weighted by atomic mass is 9.85. The molecule has 0 spiro atoms. The Kier molecular flexibility index (Phi) is 6.88. The van der Waals surface area contributed by atoms with Gasteiger partial charge in [0.25, 0.3) is 0 Å². The molecule has 3 atom stereocenters. The van der Waals surface area contributed by atoms with E-state index in [1.165, 1.54) is 24.8 Å². The third kappa shape index (κ3) is 5.29. The van der Waals surface area contributed by atoms with Gasteiger partial charge in [-0.05, 0) is 63.1 Å². The number of carbonyl (C=O) groups is 1. The van der Waals surface area contributed by atoms with E-state index in [9.17, 15) is 4.79 Å². The van der Waals surface area contributed by atoms with Crippen molar-refractivity contribution in [3.63, 3.8) is 0 Å². The summed E-state index contributed by atoms with van der Waals surface area (Å²) in [7, 11) is 2.20. The van der Waals surface area contributed by atoms with Crippen LogP contribution in [0, 0.1) is 11.8 Å². The number of nitrogens with zero attached hydrogens (tertiary/aromatic N) is 1. The number of piperidine rings is 1. The second kappa shape index (κ2) is 9.35. The monoisotopic (exact) mass is 344 g/mol. The summed E-state index contributed by atoms with van der Waals surface area (Å²) < 4.78 is 5.51. The normalized spacial score (nSPS) is 27.8. The Bertz CT molecular complexity index is 528. The van der Waals surface area contributed by atoms with E-state index in [0.29, 0.717) is 24.3 Å². The SMILES string of the molecule is CN1CCC[C@H](CNC(=O)CC[C@@H]2CCCOC2)[C@@H]1c1ccccc1. The summed E-state index contributed by atoms with van der Waals surface area (Å²) in [5, 5.41) is 3.21. The largest absolute Gasteiger partial charge is 0.381 e. The van der Waals surface area contributed by atoms with Crippen molar-refractivity contribution < 1.29 is 9.53 Å². The zero-order chi connectivity index (χ0) is 17.5. The highest BCUT2D eigenvalue weighted by Crippen LogP contribution is 2.34. The molecule has 0 radical (unpaired) electrons. The molecule has 4 nitrogen and oxygen atoms in total. The summed E-state index contributed by atoms with van der Waals surface area (Å²) >= 11 is 0. The molecule has 2 saturated heterocycles. The van der Waals surface area contributed by atoms with Crippen LogP contribution in [-0.2, 0) is 9.53 Å². The van der Waals surface area contributed by atoms with Crippen LogP contribution in [0.4, 0.5) is 0 Å². The third-order valence-electron chi connectivity index (χ3n) is 5.74. The Labute approximate surface area is 151 Å². The van der Waals surface area contributed by atoms with Gasteiger partial charge < -0.3 is 10.1 Å². The Morgan fingerprint density at radius 2 is 2.08 bits per heavy atom. The maximum Gasteiger partial charge on any atom is 0.220 e. The summed E-state index contributed by atoms with van der Waals surface area (Å²) in [6.07, 6.45) is 6.32. The van der Waals surface area contributed by atoms with Crippen LogP contribution in [0.1, 0.15) is 50.1 Å². The lowest BCUT2D eigenvalue weighted by Crippen LogP contribution is -2.41. The molecule has 1 aromatic carbocycles. The van der Waals surface area contributed by atoms with Crippen LogP contribution in [0.2, 0.25) is 0 Å². The van der Waals surface area contributed by atoms with Crippen molar-refractivity contribution in [3.8, 4) is 0 Å². The first-order valence-electron chi connectivity index (χ1n) is 9.83. The number of nitrogens with one attached hydrogen (secondary N) is 1. The van der Waals surface area contributed by atoms with E-state index in [4.69, 9.17) is 4.74 Å². The highest BCUT2D eigenvalue weighted by molar-refractivity contribution is 5.75. The highest BCUT2D eigenvalue weighted by Gasteiger charge is 2.30. The minimum absolute atomic E-state index is 0.200. The van der Waals surface area contributed by atoms with Gasteiger partial charge in [0.1, 0.15) is 0 Å². The van der Waals surface area contributed by atoms with Crippen LogP contribution in [0.25, 0.3) is 0 Å². The van der Waals surface area contributed by atoms with Crippen LogP contribution < -0.4 is 5.32 Å². The van der Waals surface area contributed by atoms with Gasteiger partial charge in [-0.15, -0.1) is 0 Å². The molecule has 0 aromatic heterocycles. The fourth-order valence-electron chi connectivity index (χ4n) is 4.35. The van der Waals surface area contributed by atoms with Crippen LogP contribution >= 0.6 is 0 Å². The predicted molar refractivity (Wildman–Crippen MR) is 100 cm³/mol. The molecule has 0 bridgehead atoms. The lowest BCUT2D eigenvalue weighted by molar-refractivity contribution is -0.122. The van der Waals surface area contributed by atoms with Gasteiger partial charge in [-0.2, -0.15) is 0 Å². The quantitative estimate of drug-likeness (QED) is 0.860. The summed E-state index contributed by atoms with van der Waals surface area (Å²) in [5.41, 5.74) is 1.36. The Balaban J connectivity index is 1.49. The van der Waals surface area contributed by atoms with E-state index >= 15 is 0 Å². The van der Waals surface area contributed by atoms with Gasteiger partial charge in [0.2, 0.25) is 5.91 Å². The number of amides is 1. The molecule has 4 heteroatoms. The zero-order valence-electron chi connectivity index (χ0n) is 15.5. The average molecular weight is 344 g/mol. The van der Waals surface area contributed by atoms with Gasteiger partial charge in [-0.25, -0.2) is 0 Å². The van der Waals surface area contributed by atoms with Crippen molar-refractivity contribution in [1.82, 2.24) is 10.2 Å². The van der Waals surface area contributed by atoms with Gasteiger partial charge in [0, 0.05) is 32.2 Å². The fourth-order valence-corrected chi connectivity index (χ4v) is 4.35. The second-order valence-electron chi connectivity index (χ2n) is 7.66. The van der Waals surface area contributed by atoms with Gasteiger partial charge in [0.05, 0.1) is 0 Å². The smallest absolute Gasteiger partial charge is 0.220 e. The Hall–Kier alpha value is -1.39. The van der Waals surface area contributed by atoms with Crippen LogP contribution in [0.3, 0.4) is 0 Å². The van der Waals surface area contributed by atoms with Crippen LogP contribution in [0.15, 0.2) is 30.3 Å². The van der Waals surface area contributed by atoms with Crippen molar-refractivity contribution in [2.75, 3.05) is 33.4 Å². The number of benzene rings is 1. The molecule has 2 fully saturated rings. The molecule has 25 heavy (non-hydrogen) atoms. The molecule has 3 rings (SSSR count). The zero-order valence-corrected chi connectivity index (χ0v) is 15.5. The molecule has 0 unspecified atom stereocenters. The standard InChI is InChI=1S/C21H32N2O2/c1-23-13-5-10-19(21(23)18-8-3-2-4-9-18)15-22-20(24)12-11-17-7-6-14-25-16-17/h2-4,8-9,17,19,21H,5-7,10-16H2,1H3,(H,22,24)/t17-,19+,21-/m0/s1. The minimum Gasteiger partial charge on any atom is -0.381 e. The first-order valence-corrected chi connectivity index (χ1v) is 9.83. The molecule has 138 valence electrons. The van der Waals surface area contributed by atoms with Gasteiger partial charge >= 0.3 is 0 Å². The number of likely N-dealkylation sites (tertiary alicyclic amines) is 1. The molecule has 1 aromatic rings. The first kappa shape index (κ1) is 18.4. The summed E-state index contributed by atoms with van der Waals surface area (Å²) in [6, 6.07) is 11.1. The molecule has 2 heterocycles. The topological polar surface area (TPSA) is 41.6 Å². The van der Waals surface area contributed by atoms with E-state index in [0.717, 1.165) is 39.1 Å². The maximum absolute atomic E-state index is 12.3. The predicted octanol–water partition coefficient (Wildman–Crippen LogP) is 3.39. The summed E-state index contributed by atoms with van der Waals surface area (Å²) in [6.45, 7) is 3.63. The summed E-state index contributed by atoms with van der Waals surface area (Å²) in [4.78, 5) is 14.7. The number of hydrogen-bond donors (Lipinski definition) is 1. The van der Waals surface area contributed by atoms with Crippen molar-refractivity contribution in [1.29, 1.82) is 0 Å². The molecule has 1 N–H and O–H groups in total. The maximum atomic E-state index is 12.3. The van der Waals surface area contributed by atoms with Crippen molar-refractivity contribution >= 4 is 5.91 Å². The number of rotatable bonds is 6. The van der Waals surface area contributed by atoms with Crippen molar-refractivity contribution in [3.05, 3.63) is 35.9 Å². The van der Waals surface area contributed by atoms with Crippen LogP contribution in [-0.4, -0.2) is 44.2 Å².